The molecule has 0 aliphatic carbocycles. The van der Waals surface area contributed by atoms with Crippen molar-refractivity contribution in [3.8, 4) is 0 Å². The number of hydrogen-bond acceptors (Lipinski definition) is 1. The number of unbranched alkanes of at least 4 members (excludes halogenated alkanes) is 1. The molecule has 0 N–H and O–H groups in total. The van der Waals surface area contributed by atoms with Gasteiger partial charge in [-0.25, -0.2) is 0 Å². The summed E-state index contributed by atoms with van der Waals surface area (Å²) in [6, 6.07) is 13.9. The Hall–Kier alpha value is -1.76. The van der Waals surface area contributed by atoms with Gasteiger partial charge in [-0.1, -0.05) is 37.6 Å². The van der Waals surface area contributed by atoms with E-state index in [1.54, 1.807) is 0 Å². The first-order chi connectivity index (χ1) is 10.2. The number of fused-ring (bicyclic) bond motifs is 1. The molecular weight excluding hydrogens is 254 g/mol. The lowest BCUT2D eigenvalue weighted by molar-refractivity contribution is 0.794. The second kappa shape index (κ2) is 5.93. The summed E-state index contributed by atoms with van der Waals surface area (Å²) in [5.41, 5.74) is 8.61. The summed E-state index contributed by atoms with van der Waals surface area (Å²) in [7, 11) is 0. The Morgan fingerprint density at radius 2 is 1.48 bits per heavy atom. The second-order valence-electron chi connectivity index (χ2n) is 6.33. The zero-order valence-corrected chi connectivity index (χ0v) is 13.4. The predicted molar refractivity (Wildman–Crippen MR) is 90.9 cm³/mol. The van der Waals surface area contributed by atoms with E-state index in [0.717, 1.165) is 13.1 Å². The van der Waals surface area contributed by atoms with Crippen LogP contribution in [0, 0.1) is 13.8 Å². The highest BCUT2D eigenvalue weighted by Crippen LogP contribution is 2.30. The van der Waals surface area contributed by atoms with Crippen LogP contribution in [0.15, 0.2) is 36.4 Å². The maximum absolute atomic E-state index is 2.48. The molecule has 0 radical (unpaired) electrons. The molecule has 2 aromatic rings. The van der Waals surface area contributed by atoms with Crippen LogP contribution in [0.1, 0.15) is 47.6 Å². The van der Waals surface area contributed by atoms with Crippen molar-refractivity contribution in [2.75, 3.05) is 4.90 Å². The lowest BCUT2D eigenvalue weighted by atomic mass is 10.0. The minimum Gasteiger partial charge on any atom is -0.363 e. The fourth-order valence-electron chi connectivity index (χ4n) is 3.13. The van der Waals surface area contributed by atoms with Gasteiger partial charge in [0, 0.05) is 18.8 Å². The minimum atomic E-state index is 1.05. The molecule has 0 spiro atoms. The van der Waals surface area contributed by atoms with E-state index < -0.39 is 0 Å². The molecule has 0 unspecified atom stereocenters. The fourth-order valence-corrected chi connectivity index (χ4v) is 3.13. The van der Waals surface area contributed by atoms with Crippen LogP contribution in [-0.4, -0.2) is 0 Å². The van der Waals surface area contributed by atoms with Gasteiger partial charge in [-0.15, -0.1) is 0 Å². The summed E-state index contributed by atoms with van der Waals surface area (Å²) < 4.78 is 0. The van der Waals surface area contributed by atoms with E-state index in [0.29, 0.717) is 0 Å². The Morgan fingerprint density at radius 3 is 2.00 bits per heavy atom. The molecule has 0 bridgehead atoms. The fraction of sp³-hybridized carbons (Fsp3) is 0.400. The Morgan fingerprint density at radius 1 is 0.905 bits per heavy atom. The molecule has 0 fully saturated rings. The molecule has 0 amide bonds. The Bertz CT molecular complexity index is 594. The molecule has 0 saturated carbocycles. The number of benzene rings is 2. The van der Waals surface area contributed by atoms with Crippen LogP contribution in [0.4, 0.5) is 5.69 Å². The van der Waals surface area contributed by atoms with Crippen molar-refractivity contribution >= 4 is 5.69 Å². The molecule has 1 nitrogen and oxygen atoms in total. The minimum absolute atomic E-state index is 1.05. The Labute approximate surface area is 128 Å². The van der Waals surface area contributed by atoms with E-state index in [1.807, 2.05) is 0 Å². The quantitative estimate of drug-likeness (QED) is 0.746. The van der Waals surface area contributed by atoms with E-state index in [2.05, 4.69) is 62.1 Å². The normalized spacial score (nSPS) is 13.6. The van der Waals surface area contributed by atoms with Gasteiger partial charge in [0.25, 0.3) is 0 Å². The van der Waals surface area contributed by atoms with E-state index in [9.17, 15) is 0 Å². The molecule has 1 heterocycles. The lowest BCUT2D eigenvalue weighted by Crippen LogP contribution is -2.14. The molecule has 0 atom stereocenters. The molecule has 1 heteroatoms. The zero-order valence-electron chi connectivity index (χ0n) is 13.4. The van der Waals surface area contributed by atoms with Gasteiger partial charge in [-0.2, -0.15) is 0 Å². The van der Waals surface area contributed by atoms with Crippen LogP contribution in [0.2, 0.25) is 0 Å². The number of hydrogen-bond donors (Lipinski definition) is 0. The van der Waals surface area contributed by atoms with Gasteiger partial charge in [0.2, 0.25) is 0 Å². The van der Waals surface area contributed by atoms with E-state index in [1.165, 1.54) is 52.8 Å². The summed E-state index contributed by atoms with van der Waals surface area (Å²) in [5.74, 6) is 0. The average molecular weight is 279 g/mol. The smallest absolute Gasteiger partial charge is 0.0436 e. The maximum Gasteiger partial charge on any atom is 0.0436 e. The van der Waals surface area contributed by atoms with Gasteiger partial charge in [0.15, 0.2) is 0 Å². The van der Waals surface area contributed by atoms with Crippen molar-refractivity contribution in [2.24, 2.45) is 0 Å². The third-order valence-corrected chi connectivity index (χ3v) is 4.66. The highest BCUT2D eigenvalue weighted by atomic mass is 15.1. The summed E-state index contributed by atoms with van der Waals surface area (Å²) >= 11 is 0. The van der Waals surface area contributed by atoms with Crippen LogP contribution in [0.5, 0.6) is 0 Å². The first-order valence-electron chi connectivity index (χ1n) is 8.10. The number of anilines is 1. The summed E-state index contributed by atoms with van der Waals surface area (Å²) in [5, 5.41) is 0. The zero-order chi connectivity index (χ0) is 14.8. The number of rotatable bonds is 4. The lowest BCUT2D eigenvalue weighted by Gasteiger charge is -2.18. The van der Waals surface area contributed by atoms with Crippen molar-refractivity contribution in [3.05, 3.63) is 64.2 Å². The first kappa shape index (κ1) is 14.2. The molecule has 1 aliphatic heterocycles. The van der Waals surface area contributed by atoms with E-state index >= 15 is 0 Å². The summed E-state index contributed by atoms with van der Waals surface area (Å²) in [4.78, 5) is 2.48. The molecule has 0 saturated heterocycles. The molecular formula is C20H25N. The van der Waals surface area contributed by atoms with Crippen molar-refractivity contribution < 1.29 is 0 Å². The van der Waals surface area contributed by atoms with Crippen molar-refractivity contribution in [1.82, 2.24) is 0 Å². The summed E-state index contributed by atoms with van der Waals surface area (Å²) in [6.45, 7) is 8.76. The molecule has 21 heavy (non-hydrogen) atoms. The first-order valence-corrected chi connectivity index (χ1v) is 8.10. The Balaban J connectivity index is 1.75. The molecule has 0 aromatic heterocycles. The van der Waals surface area contributed by atoms with Crippen LogP contribution >= 0.6 is 0 Å². The van der Waals surface area contributed by atoms with Gasteiger partial charge in [0.05, 0.1) is 0 Å². The van der Waals surface area contributed by atoms with Gasteiger partial charge in [-0.3, -0.25) is 0 Å². The van der Waals surface area contributed by atoms with Crippen LogP contribution in [0.25, 0.3) is 0 Å². The molecule has 2 aromatic carbocycles. The molecule has 110 valence electrons. The van der Waals surface area contributed by atoms with Crippen LogP contribution in [0.3, 0.4) is 0 Å². The molecule has 3 rings (SSSR count). The third-order valence-electron chi connectivity index (χ3n) is 4.66. The predicted octanol–water partition coefficient (Wildman–Crippen LogP) is 5.17. The van der Waals surface area contributed by atoms with E-state index in [-0.39, 0.29) is 0 Å². The highest BCUT2D eigenvalue weighted by molar-refractivity contribution is 5.54. The average Bonchev–Trinajstić information content (AvgIpc) is 2.89. The largest absolute Gasteiger partial charge is 0.363 e. The topological polar surface area (TPSA) is 3.24 Å². The number of aryl methyl sites for hydroxylation is 3. The van der Waals surface area contributed by atoms with Crippen molar-refractivity contribution in [3.63, 3.8) is 0 Å². The maximum atomic E-state index is 2.48. The monoisotopic (exact) mass is 279 g/mol. The summed E-state index contributed by atoms with van der Waals surface area (Å²) in [6.07, 6.45) is 3.75. The SMILES string of the molecule is CCCCc1ccc(N2Cc3cc(C)c(C)cc3C2)cc1. The van der Waals surface area contributed by atoms with Crippen molar-refractivity contribution in [2.45, 2.75) is 53.1 Å². The third kappa shape index (κ3) is 2.97. The second-order valence-corrected chi connectivity index (χ2v) is 6.33. The van der Waals surface area contributed by atoms with E-state index in [4.69, 9.17) is 0 Å². The van der Waals surface area contributed by atoms with Crippen molar-refractivity contribution in [1.29, 1.82) is 0 Å². The standard InChI is InChI=1S/C20H25N/c1-4-5-6-17-7-9-20(10-8-17)21-13-18-11-15(2)16(3)12-19(18)14-21/h7-12H,4-6,13-14H2,1-3H3. The highest BCUT2D eigenvalue weighted by Gasteiger charge is 2.19. The van der Waals surface area contributed by atoms with Crippen LogP contribution < -0.4 is 4.90 Å². The molecule has 1 aliphatic rings. The van der Waals surface area contributed by atoms with Gasteiger partial charge in [-0.05, 0) is 66.6 Å². The van der Waals surface area contributed by atoms with Crippen LogP contribution in [-0.2, 0) is 19.5 Å². The van der Waals surface area contributed by atoms with Gasteiger partial charge >= 0.3 is 0 Å². The van der Waals surface area contributed by atoms with Gasteiger partial charge in [0.1, 0.15) is 0 Å². The van der Waals surface area contributed by atoms with Gasteiger partial charge < -0.3 is 4.90 Å². The number of nitrogens with zero attached hydrogens (tertiary/aromatic N) is 1. The Kier molecular flexibility index (Phi) is 4.01.